The van der Waals surface area contributed by atoms with E-state index < -0.39 is 0 Å². The van der Waals surface area contributed by atoms with E-state index in [-0.39, 0.29) is 6.03 Å². The van der Waals surface area contributed by atoms with E-state index in [2.05, 4.69) is 28.1 Å². The van der Waals surface area contributed by atoms with Crippen LogP contribution in [-0.2, 0) is 6.42 Å². The Morgan fingerprint density at radius 1 is 1.13 bits per heavy atom. The minimum absolute atomic E-state index is 0.327. The van der Waals surface area contributed by atoms with E-state index in [9.17, 15) is 4.79 Å². The highest BCUT2D eigenvalue weighted by molar-refractivity contribution is 6.04. The third-order valence-electron chi connectivity index (χ3n) is 4.18. The first-order chi connectivity index (χ1) is 11.3. The van der Waals surface area contributed by atoms with Crippen molar-refractivity contribution >= 4 is 17.4 Å². The van der Waals surface area contributed by atoms with Crippen LogP contribution >= 0.6 is 0 Å². The number of hydrogen-bond donors (Lipinski definition) is 2. The summed E-state index contributed by atoms with van der Waals surface area (Å²) >= 11 is 0. The molecule has 0 aromatic heterocycles. The van der Waals surface area contributed by atoms with Crippen LogP contribution in [0, 0.1) is 5.92 Å². The molecule has 0 spiro atoms. The third kappa shape index (κ3) is 3.00. The summed E-state index contributed by atoms with van der Waals surface area (Å²) in [7, 11) is 0. The fraction of sp³-hybridized carbons (Fsp3) is 0.278. The molecular weight excluding hydrogens is 290 g/mol. The molecule has 2 aliphatic heterocycles. The van der Waals surface area contributed by atoms with Crippen LogP contribution in [0.25, 0.3) is 0 Å². The molecule has 5 heteroatoms. The van der Waals surface area contributed by atoms with Gasteiger partial charge in [-0.15, -0.1) is 0 Å². The Balaban J connectivity index is 1.59. The van der Waals surface area contributed by atoms with E-state index in [1.807, 2.05) is 30.3 Å². The van der Waals surface area contributed by atoms with Crippen molar-refractivity contribution in [2.24, 2.45) is 5.92 Å². The second kappa shape index (κ2) is 5.93. The number of nitrogens with one attached hydrogen (secondary N) is 2. The van der Waals surface area contributed by atoms with Gasteiger partial charge >= 0.3 is 6.03 Å². The first-order valence-corrected chi connectivity index (χ1v) is 7.85. The molecule has 23 heavy (non-hydrogen) atoms. The summed E-state index contributed by atoms with van der Waals surface area (Å²) in [6.45, 7) is 2.62. The van der Waals surface area contributed by atoms with Crippen LogP contribution in [0.4, 0.5) is 16.2 Å². The zero-order valence-electron chi connectivity index (χ0n) is 12.7. The summed E-state index contributed by atoms with van der Waals surface area (Å²) in [5.74, 6) is 1.23. The zero-order chi connectivity index (χ0) is 15.6. The van der Waals surface area contributed by atoms with Gasteiger partial charge in [0, 0.05) is 19.0 Å². The zero-order valence-corrected chi connectivity index (χ0v) is 12.7. The monoisotopic (exact) mass is 308 g/mol. The number of fused-ring (bicyclic) bond motifs is 1. The molecule has 2 aromatic carbocycles. The SMILES string of the molecule is O=C1[N]c2c(cc(Cc3ccccc3)cc2OCC2CNC2)N1. The number of hydrogen-bond acceptors (Lipinski definition) is 3. The van der Waals surface area contributed by atoms with Gasteiger partial charge in [0.25, 0.3) is 0 Å². The van der Waals surface area contributed by atoms with Crippen molar-refractivity contribution < 1.29 is 9.53 Å². The van der Waals surface area contributed by atoms with E-state index in [0.717, 1.165) is 30.8 Å². The number of carbonyl (C=O) groups is 1. The summed E-state index contributed by atoms with van der Waals surface area (Å²) in [4.78, 5) is 11.6. The predicted octanol–water partition coefficient (Wildman–Crippen LogP) is 2.66. The van der Waals surface area contributed by atoms with Crippen molar-refractivity contribution in [3.05, 3.63) is 53.6 Å². The first-order valence-electron chi connectivity index (χ1n) is 7.85. The smallest absolute Gasteiger partial charge is 0.346 e. The Morgan fingerprint density at radius 2 is 1.96 bits per heavy atom. The van der Waals surface area contributed by atoms with Crippen molar-refractivity contribution in [2.45, 2.75) is 6.42 Å². The fourth-order valence-corrected chi connectivity index (χ4v) is 2.84. The van der Waals surface area contributed by atoms with Crippen LogP contribution < -0.4 is 20.7 Å². The normalized spacial score (nSPS) is 16.3. The maximum Gasteiger partial charge on any atom is 0.346 e. The molecule has 0 aliphatic carbocycles. The largest absolute Gasteiger partial charge is 0.491 e. The first kappa shape index (κ1) is 14.1. The van der Waals surface area contributed by atoms with Gasteiger partial charge in [-0.3, -0.25) is 0 Å². The van der Waals surface area contributed by atoms with E-state index in [0.29, 0.717) is 24.0 Å². The molecule has 1 fully saturated rings. The van der Waals surface area contributed by atoms with Crippen LogP contribution in [0.1, 0.15) is 11.1 Å². The molecule has 2 N–H and O–H groups in total. The lowest BCUT2D eigenvalue weighted by Gasteiger charge is -2.27. The molecule has 1 radical (unpaired) electrons. The van der Waals surface area contributed by atoms with Gasteiger partial charge in [0.05, 0.1) is 12.3 Å². The van der Waals surface area contributed by atoms with Gasteiger partial charge in [0.15, 0.2) is 0 Å². The molecular formula is C18H18N3O2. The minimum Gasteiger partial charge on any atom is -0.491 e. The van der Waals surface area contributed by atoms with E-state index in [1.165, 1.54) is 5.56 Å². The number of ether oxygens (including phenoxy) is 1. The molecule has 117 valence electrons. The second-order valence-corrected chi connectivity index (χ2v) is 6.03. The highest BCUT2D eigenvalue weighted by Crippen LogP contribution is 2.39. The van der Waals surface area contributed by atoms with E-state index in [1.54, 1.807) is 0 Å². The third-order valence-corrected chi connectivity index (χ3v) is 4.18. The summed E-state index contributed by atoms with van der Waals surface area (Å²) in [6.07, 6.45) is 0.797. The van der Waals surface area contributed by atoms with Gasteiger partial charge in [-0.2, -0.15) is 5.32 Å². The highest BCUT2D eigenvalue weighted by atomic mass is 16.5. The molecule has 4 rings (SSSR count). The van der Waals surface area contributed by atoms with Crippen LogP contribution in [-0.4, -0.2) is 25.7 Å². The summed E-state index contributed by atoms with van der Waals surface area (Å²) in [6, 6.07) is 13.9. The van der Waals surface area contributed by atoms with E-state index >= 15 is 0 Å². The molecule has 0 saturated carbocycles. The molecule has 0 atom stereocenters. The number of urea groups is 1. The lowest BCUT2D eigenvalue weighted by atomic mass is 10.0. The number of rotatable bonds is 5. The molecule has 2 amide bonds. The number of carbonyl (C=O) groups excluding carboxylic acids is 1. The van der Waals surface area contributed by atoms with Crippen molar-refractivity contribution in [1.29, 1.82) is 0 Å². The van der Waals surface area contributed by atoms with Gasteiger partial charge in [-0.05, 0) is 29.7 Å². The number of anilines is 1. The number of nitrogens with zero attached hydrogens (tertiary/aromatic N) is 1. The molecule has 5 nitrogen and oxygen atoms in total. The maximum atomic E-state index is 11.6. The highest BCUT2D eigenvalue weighted by Gasteiger charge is 2.25. The van der Waals surface area contributed by atoms with Crippen LogP contribution in [0.2, 0.25) is 0 Å². The van der Waals surface area contributed by atoms with Crippen molar-refractivity contribution in [2.75, 3.05) is 25.0 Å². The molecule has 2 aromatic rings. The lowest BCUT2D eigenvalue weighted by Crippen LogP contribution is -2.45. The average Bonchev–Trinajstić information content (AvgIpc) is 2.87. The fourth-order valence-electron chi connectivity index (χ4n) is 2.84. The quantitative estimate of drug-likeness (QED) is 0.892. The lowest BCUT2D eigenvalue weighted by molar-refractivity contribution is 0.199. The van der Waals surface area contributed by atoms with Gasteiger partial charge in [0.1, 0.15) is 11.4 Å². The van der Waals surface area contributed by atoms with Gasteiger partial charge in [-0.1, -0.05) is 30.3 Å². The van der Waals surface area contributed by atoms with Crippen LogP contribution in [0.3, 0.4) is 0 Å². The van der Waals surface area contributed by atoms with Gasteiger partial charge in [-0.25, -0.2) is 4.79 Å². The minimum atomic E-state index is -0.327. The number of amides is 2. The molecule has 0 unspecified atom stereocenters. The second-order valence-electron chi connectivity index (χ2n) is 6.03. The Kier molecular flexibility index (Phi) is 3.63. The Bertz CT molecular complexity index is 727. The predicted molar refractivity (Wildman–Crippen MR) is 88.4 cm³/mol. The Morgan fingerprint density at radius 3 is 2.70 bits per heavy atom. The summed E-state index contributed by atoms with van der Waals surface area (Å²) in [5.41, 5.74) is 3.70. The van der Waals surface area contributed by atoms with Crippen molar-refractivity contribution in [3.63, 3.8) is 0 Å². The molecule has 1 saturated heterocycles. The molecule has 0 bridgehead atoms. The maximum absolute atomic E-state index is 11.6. The van der Waals surface area contributed by atoms with Crippen molar-refractivity contribution in [1.82, 2.24) is 10.6 Å². The average molecular weight is 308 g/mol. The summed E-state index contributed by atoms with van der Waals surface area (Å²) in [5, 5.41) is 10.0. The van der Waals surface area contributed by atoms with E-state index in [4.69, 9.17) is 4.74 Å². The van der Waals surface area contributed by atoms with Crippen LogP contribution in [0.15, 0.2) is 42.5 Å². The van der Waals surface area contributed by atoms with Crippen molar-refractivity contribution in [3.8, 4) is 5.75 Å². The standard InChI is InChI=1S/C18H18N3O2/c22-18-20-15-7-13(6-12-4-2-1-3-5-12)8-16(17(15)21-18)23-11-14-9-19-10-14/h1-5,7-8,14,19H,6,9-11H2,(H,20,22). The van der Waals surface area contributed by atoms with Gasteiger partial charge < -0.3 is 15.4 Å². The molecule has 2 aliphatic rings. The van der Waals surface area contributed by atoms with Gasteiger partial charge in [0.2, 0.25) is 0 Å². The number of benzene rings is 2. The topological polar surface area (TPSA) is 64.5 Å². The molecule has 2 heterocycles. The summed E-state index contributed by atoms with van der Waals surface area (Å²) < 4.78 is 5.95. The Labute approximate surface area is 135 Å². The van der Waals surface area contributed by atoms with Crippen LogP contribution in [0.5, 0.6) is 5.75 Å². The Hall–Kier alpha value is -2.53.